The molecule has 0 spiro atoms. The van der Waals surface area contributed by atoms with E-state index in [2.05, 4.69) is 64.6 Å². The number of rotatable bonds is 5. The number of carbonyl (C=O) groups excluding carboxylic acids is 1. The summed E-state index contributed by atoms with van der Waals surface area (Å²) in [5.41, 5.74) is 7.85. The molecule has 32 heavy (non-hydrogen) atoms. The van der Waals surface area contributed by atoms with Gasteiger partial charge in [-0.05, 0) is 41.5 Å². The van der Waals surface area contributed by atoms with Crippen LogP contribution in [0.25, 0.3) is 21.7 Å². The molecule has 0 aliphatic carbocycles. The second-order valence-corrected chi connectivity index (χ2v) is 7.98. The number of para-hydroxylation sites is 1. The molecule has 4 heteroatoms. The molecule has 0 unspecified atom stereocenters. The van der Waals surface area contributed by atoms with Crippen molar-refractivity contribution in [3.05, 3.63) is 119 Å². The van der Waals surface area contributed by atoms with Crippen LogP contribution in [-0.2, 0) is 6.54 Å². The van der Waals surface area contributed by atoms with Crippen LogP contribution in [0.1, 0.15) is 27.0 Å². The smallest absolute Gasteiger partial charge is 0.271 e. The maximum Gasteiger partial charge on any atom is 0.271 e. The molecule has 1 heterocycles. The number of fused-ring (bicyclic) bond motifs is 2. The zero-order chi connectivity index (χ0) is 21.9. The van der Waals surface area contributed by atoms with E-state index in [0.717, 1.165) is 33.8 Å². The maximum atomic E-state index is 12.6. The average molecular weight is 418 g/mol. The topological polar surface area (TPSA) is 46.4 Å². The van der Waals surface area contributed by atoms with Crippen molar-refractivity contribution in [2.75, 3.05) is 0 Å². The first-order chi connectivity index (χ1) is 15.7. The quantitative estimate of drug-likeness (QED) is 0.280. The van der Waals surface area contributed by atoms with Gasteiger partial charge in [-0.3, -0.25) is 4.79 Å². The van der Waals surface area contributed by atoms with Gasteiger partial charge in [-0.25, -0.2) is 5.43 Å². The van der Waals surface area contributed by atoms with Gasteiger partial charge < -0.3 is 4.57 Å². The number of aromatic nitrogens is 1. The maximum absolute atomic E-state index is 12.6. The van der Waals surface area contributed by atoms with E-state index in [0.29, 0.717) is 5.56 Å². The molecule has 156 valence electrons. The van der Waals surface area contributed by atoms with E-state index in [1.165, 1.54) is 11.1 Å². The first-order valence-electron chi connectivity index (χ1n) is 10.6. The zero-order valence-corrected chi connectivity index (χ0v) is 17.8. The Morgan fingerprint density at radius 3 is 2.59 bits per heavy atom. The molecule has 1 amide bonds. The Bertz CT molecular complexity index is 1460. The van der Waals surface area contributed by atoms with E-state index in [9.17, 15) is 4.79 Å². The molecule has 4 nitrogen and oxygen atoms in total. The van der Waals surface area contributed by atoms with E-state index >= 15 is 0 Å². The molecule has 5 aromatic rings. The molecule has 0 saturated heterocycles. The molecule has 0 saturated carbocycles. The van der Waals surface area contributed by atoms with Gasteiger partial charge in [-0.1, -0.05) is 78.4 Å². The predicted molar refractivity (Wildman–Crippen MR) is 131 cm³/mol. The van der Waals surface area contributed by atoms with Crippen molar-refractivity contribution in [2.24, 2.45) is 5.10 Å². The van der Waals surface area contributed by atoms with E-state index in [4.69, 9.17) is 0 Å². The number of aryl methyl sites for hydroxylation is 1. The molecule has 0 bridgehead atoms. The summed E-state index contributed by atoms with van der Waals surface area (Å²) < 4.78 is 2.22. The summed E-state index contributed by atoms with van der Waals surface area (Å²) in [4.78, 5) is 12.6. The van der Waals surface area contributed by atoms with Crippen LogP contribution in [-0.4, -0.2) is 16.7 Å². The molecular formula is C28H23N3O. The van der Waals surface area contributed by atoms with Crippen LogP contribution in [0.4, 0.5) is 0 Å². The summed E-state index contributed by atoms with van der Waals surface area (Å²) in [6, 6.07) is 30.4. The Morgan fingerprint density at radius 2 is 1.72 bits per heavy atom. The molecule has 0 aliphatic heterocycles. The SMILES string of the molecule is Cc1cccc(Cn2cc(/C=N\NC(=O)c3ccc4ccccc4c3)c3ccccc32)c1. The highest BCUT2D eigenvalue weighted by atomic mass is 16.2. The molecule has 5 rings (SSSR count). The van der Waals surface area contributed by atoms with Crippen molar-refractivity contribution in [1.82, 2.24) is 9.99 Å². The lowest BCUT2D eigenvalue weighted by molar-refractivity contribution is 0.0955. The fraction of sp³-hybridized carbons (Fsp3) is 0.0714. The number of hydrazone groups is 1. The van der Waals surface area contributed by atoms with Crippen LogP contribution >= 0.6 is 0 Å². The predicted octanol–water partition coefficient (Wildman–Crippen LogP) is 5.92. The third kappa shape index (κ3) is 4.03. The Labute approximate surface area is 186 Å². The number of nitrogens with zero attached hydrogens (tertiary/aromatic N) is 2. The molecule has 0 atom stereocenters. The summed E-state index contributed by atoms with van der Waals surface area (Å²) in [6.45, 7) is 2.88. The molecule has 0 fully saturated rings. The second-order valence-electron chi connectivity index (χ2n) is 7.98. The molecule has 4 aromatic carbocycles. The largest absolute Gasteiger partial charge is 0.342 e. The third-order valence-corrected chi connectivity index (χ3v) is 5.64. The standard InChI is InChI=1S/C28H23N3O/c1-20-7-6-8-21(15-20)18-31-19-25(26-11-4-5-12-27(26)31)17-29-30-28(32)24-14-13-22-9-2-3-10-23(22)16-24/h2-17,19H,18H2,1H3,(H,30,32)/b29-17-. The van der Waals surface area contributed by atoms with E-state index in [-0.39, 0.29) is 5.91 Å². The van der Waals surface area contributed by atoms with Crippen molar-refractivity contribution in [1.29, 1.82) is 0 Å². The molecule has 1 aromatic heterocycles. The Kier molecular flexibility index (Phi) is 5.26. The van der Waals surface area contributed by atoms with Gasteiger partial charge in [0.2, 0.25) is 0 Å². The van der Waals surface area contributed by atoms with Crippen molar-refractivity contribution >= 4 is 33.8 Å². The summed E-state index contributed by atoms with van der Waals surface area (Å²) in [6.07, 6.45) is 3.80. The number of hydrogen-bond acceptors (Lipinski definition) is 2. The second kappa shape index (κ2) is 8.52. The minimum absolute atomic E-state index is 0.226. The minimum Gasteiger partial charge on any atom is -0.342 e. The van der Waals surface area contributed by atoms with Crippen LogP contribution in [0, 0.1) is 6.92 Å². The van der Waals surface area contributed by atoms with Gasteiger partial charge in [-0.15, -0.1) is 0 Å². The number of carbonyl (C=O) groups is 1. The van der Waals surface area contributed by atoms with Crippen LogP contribution in [0.5, 0.6) is 0 Å². The number of benzene rings is 4. The zero-order valence-electron chi connectivity index (χ0n) is 17.8. The van der Waals surface area contributed by atoms with E-state index in [1.54, 1.807) is 6.21 Å². The van der Waals surface area contributed by atoms with Gasteiger partial charge in [0, 0.05) is 34.8 Å². The lowest BCUT2D eigenvalue weighted by Gasteiger charge is -2.06. The van der Waals surface area contributed by atoms with Crippen LogP contribution < -0.4 is 5.43 Å². The van der Waals surface area contributed by atoms with Gasteiger partial charge >= 0.3 is 0 Å². The van der Waals surface area contributed by atoms with Crippen molar-refractivity contribution in [3.63, 3.8) is 0 Å². The minimum atomic E-state index is -0.226. The molecule has 0 aliphatic rings. The highest BCUT2D eigenvalue weighted by Crippen LogP contribution is 2.21. The highest BCUT2D eigenvalue weighted by Gasteiger charge is 2.08. The molecule has 1 N–H and O–H groups in total. The van der Waals surface area contributed by atoms with Gasteiger partial charge in [0.05, 0.1) is 6.21 Å². The summed E-state index contributed by atoms with van der Waals surface area (Å²) >= 11 is 0. The average Bonchev–Trinajstić information content (AvgIpc) is 3.16. The lowest BCUT2D eigenvalue weighted by Crippen LogP contribution is -2.17. The van der Waals surface area contributed by atoms with Crippen LogP contribution in [0.3, 0.4) is 0 Å². The third-order valence-electron chi connectivity index (χ3n) is 5.64. The fourth-order valence-corrected chi connectivity index (χ4v) is 4.07. The van der Waals surface area contributed by atoms with Crippen molar-refractivity contribution < 1.29 is 4.79 Å². The first kappa shape index (κ1) is 19.8. The Morgan fingerprint density at radius 1 is 0.906 bits per heavy atom. The van der Waals surface area contributed by atoms with E-state index < -0.39 is 0 Å². The molecule has 0 radical (unpaired) electrons. The van der Waals surface area contributed by atoms with Crippen LogP contribution in [0.2, 0.25) is 0 Å². The molecular weight excluding hydrogens is 394 g/mol. The van der Waals surface area contributed by atoms with E-state index in [1.807, 2.05) is 54.6 Å². The first-order valence-corrected chi connectivity index (χ1v) is 10.6. The number of amides is 1. The monoisotopic (exact) mass is 417 g/mol. The lowest BCUT2D eigenvalue weighted by atomic mass is 10.1. The normalized spacial score (nSPS) is 11.4. The van der Waals surface area contributed by atoms with Gasteiger partial charge in [0.15, 0.2) is 0 Å². The van der Waals surface area contributed by atoms with Crippen molar-refractivity contribution in [3.8, 4) is 0 Å². The highest BCUT2D eigenvalue weighted by molar-refractivity contribution is 6.01. The number of nitrogens with one attached hydrogen (secondary N) is 1. The summed E-state index contributed by atoms with van der Waals surface area (Å²) in [5.74, 6) is -0.226. The van der Waals surface area contributed by atoms with Crippen LogP contribution in [0.15, 0.2) is 102 Å². The van der Waals surface area contributed by atoms with Crippen molar-refractivity contribution in [2.45, 2.75) is 13.5 Å². The summed E-state index contributed by atoms with van der Waals surface area (Å²) in [7, 11) is 0. The Balaban J connectivity index is 1.38. The van der Waals surface area contributed by atoms with Gasteiger partial charge in [0.25, 0.3) is 5.91 Å². The fourth-order valence-electron chi connectivity index (χ4n) is 4.07. The van der Waals surface area contributed by atoms with Gasteiger partial charge in [0.1, 0.15) is 0 Å². The Hall–Kier alpha value is -4.18. The summed E-state index contributed by atoms with van der Waals surface area (Å²) in [5, 5.41) is 7.48. The van der Waals surface area contributed by atoms with Gasteiger partial charge in [-0.2, -0.15) is 5.10 Å². The number of hydrogen-bond donors (Lipinski definition) is 1.